The van der Waals surface area contributed by atoms with Crippen molar-refractivity contribution in [1.29, 1.82) is 0 Å². The van der Waals surface area contributed by atoms with Crippen LogP contribution in [0.5, 0.6) is 0 Å². The van der Waals surface area contributed by atoms with E-state index in [9.17, 15) is 14.4 Å². The molecule has 4 heterocycles. The van der Waals surface area contributed by atoms with Gasteiger partial charge in [-0.25, -0.2) is 4.79 Å². The summed E-state index contributed by atoms with van der Waals surface area (Å²) in [4.78, 5) is 47.6. The van der Waals surface area contributed by atoms with E-state index >= 15 is 0 Å². The molecular weight excluding hydrogens is 444 g/mol. The molecule has 3 aliphatic rings. The van der Waals surface area contributed by atoms with Crippen molar-refractivity contribution in [2.75, 3.05) is 26.2 Å². The molecule has 0 unspecified atom stereocenters. The lowest BCUT2D eigenvalue weighted by Gasteiger charge is -2.40. The molecule has 35 heavy (non-hydrogen) atoms. The highest BCUT2D eigenvalue weighted by Gasteiger charge is 2.58. The number of nitrogens with one attached hydrogen (secondary N) is 1. The molecular formula is C27H32N4O4. The summed E-state index contributed by atoms with van der Waals surface area (Å²) in [6.45, 7) is 4.02. The molecule has 184 valence electrons. The number of pyridine rings is 1. The molecule has 2 aromatic rings. The molecule has 1 aromatic heterocycles. The number of benzene rings is 1. The minimum absolute atomic E-state index is 0.0859. The molecule has 0 saturated carbocycles. The van der Waals surface area contributed by atoms with Crippen molar-refractivity contribution in [2.24, 2.45) is 5.92 Å². The second-order valence-electron chi connectivity index (χ2n) is 9.82. The average Bonchev–Trinajstić information content (AvgIpc) is 3.47. The van der Waals surface area contributed by atoms with Crippen LogP contribution in [0, 0.1) is 12.8 Å². The third-order valence-corrected chi connectivity index (χ3v) is 7.51. The van der Waals surface area contributed by atoms with E-state index in [1.807, 2.05) is 48.2 Å². The Morgan fingerprint density at radius 2 is 1.97 bits per heavy atom. The summed E-state index contributed by atoms with van der Waals surface area (Å²) in [5.41, 5.74) is 1.47. The number of amides is 4. The van der Waals surface area contributed by atoms with Crippen molar-refractivity contribution in [2.45, 2.75) is 50.7 Å². The molecule has 3 saturated heterocycles. The number of hydrogen-bond acceptors (Lipinski definition) is 5. The Labute approximate surface area is 205 Å². The van der Waals surface area contributed by atoms with Gasteiger partial charge in [-0.3, -0.25) is 19.5 Å². The van der Waals surface area contributed by atoms with Gasteiger partial charge in [0.1, 0.15) is 0 Å². The molecule has 3 aliphatic heterocycles. The van der Waals surface area contributed by atoms with Gasteiger partial charge in [-0.1, -0.05) is 35.9 Å². The van der Waals surface area contributed by atoms with Gasteiger partial charge in [0, 0.05) is 31.8 Å². The molecule has 8 nitrogen and oxygen atoms in total. The lowest BCUT2D eigenvalue weighted by atomic mass is 9.75. The van der Waals surface area contributed by atoms with Crippen LogP contribution in [-0.4, -0.2) is 65.0 Å². The van der Waals surface area contributed by atoms with Gasteiger partial charge in [-0.15, -0.1) is 0 Å². The Bertz CT molecular complexity index is 1090. The first-order valence-electron chi connectivity index (χ1n) is 12.5. The maximum atomic E-state index is 13.9. The van der Waals surface area contributed by atoms with E-state index in [1.165, 1.54) is 4.90 Å². The number of nitrogens with zero attached hydrogens (tertiary/aromatic N) is 3. The zero-order chi connectivity index (χ0) is 24.4. The summed E-state index contributed by atoms with van der Waals surface area (Å²) in [6.07, 6.45) is 4.89. The number of carbonyl (C=O) groups excluding carboxylic acids is 3. The predicted molar refractivity (Wildman–Crippen MR) is 129 cm³/mol. The molecule has 0 radical (unpaired) electrons. The van der Waals surface area contributed by atoms with Gasteiger partial charge >= 0.3 is 6.03 Å². The van der Waals surface area contributed by atoms with Gasteiger partial charge < -0.3 is 15.0 Å². The molecule has 3 fully saturated rings. The number of aromatic nitrogens is 1. The maximum absolute atomic E-state index is 13.9. The number of urea groups is 1. The van der Waals surface area contributed by atoms with E-state index in [4.69, 9.17) is 4.74 Å². The minimum atomic E-state index is -1.22. The summed E-state index contributed by atoms with van der Waals surface area (Å²) >= 11 is 0. The first kappa shape index (κ1) is 23.5. The molecule has 1 N–H and O–H groups in total. The Morgan fingerprint density at radius 1 is 1.14 bits per heavy atom. The molecule has 0 bridgehead atoms. The monoisotopic (exact) mass is 476 g/mol. The average molecular weight is 477 g/mol. The fourth-order valence-electron chi connectivity index (χ4n) is 5.68. The molecule has 0 aliphatic carbocycles. The second kappa shape index (κ2) is 9.77. The Kier molecular flexibility index (Phi) is 6.56. The van der Waals surface area contributed by atoms with Crippen molar-refractivity contribution < 1.29 is 19.1 Å². The first-order chi connectivity index (χ1) is 17.0. The standard InChI is InChI=1S/C27H32N4O4/c1-19-6-4-7-20(16-19)17-24(32)30-13-10-21(11-14-30)27(23-9-2-3-12-28-23)25(33)31(26(34)29-27)18-22-8-5-15-35-22/h2-4,6-7,9,12,16,21-22H,5,8,10-11,13-15,17-18H2,1H3,(H,29,34)/t22-,27+/m1/s1. The van der Waals surface area contributed by atoms with E-state index in [0.29, 0.717) is 44.7 Å². The van der Waals surface area contributed by atoms with Gasteiger partial charge in [-0.05, 0) is 50.3 Å². The largest absolute Gasteiger partial charge is 0.376 e. The summed E-state index contributed by atoms with van der Waals surface area (Å²) in [7, 11) is 0. The number of piperidine rings is 1. The third-order valence-electron chi connectivity index (χ3n) is 7.51. The molecule has 5 rings (SSSR count). The van der Waals surface area contributed by atoms with Crippen LogP contribution in [0.1, 0.15) is 42.5 Å². The summed E-state index contributed by atoms with van der Waals surface area (Å²) < 4.78 is 5.69. The van der Waals surface area contributed by atoms with Crippen molar-refractivity contribution in [3.63, 3.8) is 0 Å². The van der Waals surface area contributed by atoms with E-state index in [1.54, 1.807) is 12.3 Å². The zero-order valence-electron chi connectivity index (χ0n) is 20.1. The molecule has 0 spiro atoms. The van der Waals surface area contributed by atoms with Crippen LogP contribution >= 0.6 is 0 Å². The second-order valence-corrected chi connectivity index (χ2v) is 9.82. The van der Waals surface area contributed by atoms with Gasteiger partial charge in [0.05, 0.1) is 24.8 Å². The van der Waals surface area contributed by atoms with Crippen LogP contribution in [-0.2, 0) is 26.3 Å². The van der Waals surface area contributed by atoms with E-state index < -0.39 is 11.6 Å². The summed E-state index contributed by atoms with van der Waals surface area (Å²) in [5, 5.41) is 3.03. The summed E-state index contributed by atoms with van der Waals surface area (Å²) in [5.74, 6) is -0.338. The van der Waals surface area contributed by atoms with Crippen LogP contribution in [0.4, 0.5) is 4.79 Å². The first-order valence-corrected chi connectivity index (χ1v) is 12.5. The molecule has 2 atom stereocenters. The SMILES string of the molecule is Cc1cccc(CC(=O)N2CCC([C@@]3(c4ccccn4)NC(=O)N(C[C@H]4CCCO4)C3=O)CC2)c1. The van der Waals surface area contributed by atoms with Crippen LogP contribution in [0.25, 0.3) is 0 Å². The fraction of sp³-hybridized carbons (Fsp3) is 0.481. The number of aryl methyl sites for hydroxylation is 1. The Hall–Kier alpha value is -3.26. The predicted octanol–water partition coefficient (Wildman–Crippen LogP) is 2.80. The highest BCUT2D eigenvalue weighted by Crippen LogP contribution is 2.41. The zero-order valence-corrected chi connectivity index (χ0v) is 20.1. The van der Waals surface area contributed by atoms with E-state index in [-0.39, 0.29) is 30.4 Å². The van der Waals surface area contributed by atoms with Crippen molar-refractivity contribution in [3.05, 3.63) is 65.5 Å². The lowest BCUT2D eigenvalue weighted by Crippen LogP contribution is -2.55. The van der Waals surface area contributed by atoms with Gasteiger partial charge in [0.2, 0.25) is 5.91 Å². The highest BCUT2D eigenvalue weighted by molar-refractivity contribution is 6.07. The topological polar surface area (TPSA) is 91.8 Å². The minimum Gasteiger partial charge on any atom is -0.376 e. The third kappa shape index (κ3) is 4.55. The van der Waals surface area contributed by atoms with Crippen LogP contribution < -0.4 is 5.32 Å². The van der Waals surface area contributed by atoms with Gasteiger partial charge in [-0.2, -0.15) is 0 Å². The fourth-order valence-corrected chi connectivity index (χ4v) is 5.68. The van der Waals surface area contributed by atoms with Crippen molar-refractivity contribution >= 4 is 17.8 Å². The van der Waals surface area contributed by atoms with Crippen LogP contribution in [0.2, 0.25) is 0 Å². The van der Waals surface area contributed by atoms with Crippen LogP contribution in [0.15, 0.2) is 48.7 Å². The molecule has 1 aromatic carbocycles. The maximum Gasteiger partial charge on any atom is 0.325 e. The Balaban J connectivity index is 1.33. The lowest BCUT2D eigenvalue weighted by molar-refractivity contribution is -0.137. The van der Waals surface area contributed by atoms with E-state index in [0.717, 1.165) is 24.0 Å². The number of ether oxygens (including phenoxy) is 1. The van der Waals surface area contributed by atoms with Gasteiger partial charge in [0.15, 0.2) is 5.54 Å². The quantitative estimate of drug-likeness (QED) is 0.648. The van der Waals surface area contributed by atoms with Crippen LogP contribution in [0.3, 0.4) is 0 Å². The number of imide groups is 1. The highest BCUT2D eigenvalue weighted by atomic mass is 16.5. The van der Waals surface area contributed by atoms with Crippen molar-refractivity contribution in [3.8, 4) is 0 Å². The number of rotatable bonds is 6. The summed E-state index contributed by atoms with van der Waals surface area (Å²) in [6, 6.07) is 13.1. The van der Waals surface area contributed by atoms with E-state index in [2.05, 4.69) is 10.3 Å². The Morgan fingerprint density at radius 3 is 2.66 bits per heavy atom. The number of likely N-dealkylation sites (tertiary alicyclic amines) is 1. The molecule has 8 heteroatoms. The van der Waals surface area contributed by atoms with Gasteiger partial charge in [0.25, 0.3) is 5.91 Å². The number of hydrogen-bond donors (Lipinski definition) is 1. The normalized spacial score (nSPS) is 25.2. The van der Waals surface area contributed by atoms with Crippen molar-refractivity contribution in [1.82, 2.24) is 20.1 Å². The smallest absolute Gasteiger partial charge is 0.325 e. The molecule has 4 amide bonds. The number of carbonyl (C=O) groups is 3.